The minimum Gasteiger partial charge on any atom is -0.461 e. The van der Waals surface area contributed by atoms with Crippen molar-refractivity contribution in [1.29, 1.82) is 0 Å². The molecule has 0 bridgehead atoms. The molecule has 0 aliphatic rings. The first-order valence-electron chi connectivity index (χ1n) is 3.93. The van der Waals surface area contributed by atoms with Crippen LogP contribution < -0.4 is 0 Å². The number of rotatable bonds is 8. The topological polar surface area (TPSA) is 26.3 Å². The van der Waals surface area contributed by atoms with Crippen molar-refractivity contribution >= 4 is 27.6 Å². The molecule has 0 saturated carbocycles. The molecular weight excluding hydrogens is 204 g/mol. The molecule has 0 aliphatic heterocycles. The molecule has 2 nitrogen and oxygen atoms in total. The van der Waals surface area contributed by atoms with Crippen LogP contribution >= 0.6 is 21.6 Å². The lowest BCUT2D eigenvalue weighted by molar-refractivity contribution is -0.141. The normalized spacial score (nSPS) is 9.23. The summed E-state index contributed by atoms with van der Waals surface area (Å²) in [5.74, 6) is 1.53. The first kappa shape index (κ1) is 12.7. The van der Waals surface area contributed by atoms with Gasteiger partial charge in [0.25, 0.3) is 0 Å². The standard InChI is InChI=1S/C9H14O2S2/c1-3-6-11-9(10)5-8-13-12-7-4-2/h3-4H,1-2,5-8H2. The second-order valence-corrected chi connectivity index (χ2v) is 4.74. The summed E-state index contributed by atoms with van der Waals surface area (Å²) in [4.78, 5) is 10.9. The second-order valence-electron chi connectivity index (χ2n) is 2.12. The first-order valence-corrected chi connectivity index (χ1v) is 6.42. The molecule has 13 heavy (non-hydrogen) atoms. The van der Waals surface area contributed by atoms with Crippen molar-refractivity contribution in [3.05, 3.63) is 25.3 Å². The van der Waals surface area contributed by atoms with Gasteiger partial charge in [-0.25, -0.2) is 0 Å². The van der Waals surface area contributed by atoms with Crippen LogP contribution in [-0.2, 0) is 9.53 Å². The Hall–Kier alpha value is -0.350. The van der Waals surface area contributed by atoms with E-state index < -0.39 is 0 Å². The van der Waals surface area contributed by atoms with Crippen molar-refractivity contribution in [1.82, 2.24) is 0 Å². The molecule has 0 radical (unpaired) electrons. The molecule has 0 saturated heterocycles. The summed E-state index contributed by atoms with van der Waals surface area (Å²) < 4.78 is 4.80. The highest BCUT2D eigenvalue weighted by molar-refractivity contribution is 8.76. The Morgan fingerprint density at radius 1 is 1.31 bits per heavy atom. The Morgan fingerprint density at radius 3 is 2.69 bits per heavy atom. The van der Waals surface area contributed by atoms with E-state index in [9.17, 15) is 4.79 Å². The van der Waals surface area contributed by atoms with E-state index in [4.69, 9.17) is 4.74 Å². The first-order chi connectivity index (χ1) is 6.31. The van der Waals surface area contributed by atoms with Crippen LogP contribution in [0.5, 0.6) is 0 Å². The average molecular weight is 218 g/mol. The summed E-state index contributed by atoms with van der Waals surface area (Å²) in [6.07, 6.45) is 3.87. The Morgan fingerprint density at radius 2 is 2.08 bits per heavy atom. The molecule has 0 aliphatic carbocycles. The summed E-state index contributed by atoms with van der Waals surface area (Å²) in [5.41, 5.74) is 0. The molecule has 74 valence electrons. The Balaban J connectivity index is 3.16. The van der Waals surface area contributed by atoms with Crippen molar-refractivity contribution in [2.45, 2.75) is 6.42 Å². The van der Waals surface area contributed by atoms with Crippen molar-refractivity contribution in [2.24, 2.45) is 0 Å². The third kappa shape index (κ3) is 9.56. The number of carbonyl (C=O) groups excluding carboxylic acids is 1. The van der Waals surface area contributed by atoms with Gasteiger partial charge in [0.2, 0.25) is 0 Å². The molecule has 4 heteroatoms. The molecule has 0 atom stereocenters. The van der Waals surface area contributed by atoms with E-state index in [1.165, 1.54) is 0 Å². The van der Waals surface area contributed by atoms with E-state index >= 15 is 0 Å². The van der Waals surface area contributed by atoms with Crippen LogP contribution in [0, 0.1) is 0 Å². The smallest absolute Gasteiger partial charge is 0.306 e. The summed E-state index contributed by atoms with van der Waals surface area (Å²) in [6, 6.07) is 0. The van der Waals surface area contributed by atoms with Gasteiger partial charge in [0.15, 0.2) is 0 Å². The maximum Gasteiger partial charge on any atom is 0.306 e. The molecule has 0 aromatic heterocycles. The lowest BCUT2D eigenvalue weighted by Gasteiger charge is -2.00. The van der Waals surface area contributed by atoms with E-state index in [0.29, 0.717) is 13.0 Å². The third-order valence-corrected chi connectivity index (χ3v) is 3.34. The number of esters is 1. The second kappa shape index (κ2) is 9.74. The lowest BCUT2D eigenvalue weighted by Crippen LogP contribution is -2.04. The van der Waals surface area contributed by atoms with E-state index in [1.54, 1.807) is 27.7 Å². The summed E-state index contributed by atoms with van der Waals surface area (Å²) in [7, 11) is 3.35. The molecule has 0 fully saturated rings. The molecule has 0 amide bonds. The molecule has 0 rings (SSSR count). The fourth-order valence-corrected chi connectivity index (χ4v) is 2.25. The molecule has 0 aromatic carbocycles. The minimum atomic E-state index is -0.161. The summed E-state index contributed by atoms with van der Waals surface area (Å²) in [6.45, 7) is 7.36. The zero-order chi connectivity index (χ0) is 9.94. The zero-order valence-electron chi connectivity index (χ0n) is 7.53. The maximum atomic E-state index is 10.9. The minimum absolute atomic E-state index is 0.161. The van der Waals surface area contributed by atoms with Crippen LogP contribution in [0.1, 0.15) is 6.42 Å². The van der Waals surface area contributed by atoms with Gasteiger partial charge in [-0.1, -0.05) is 40.3 Å². The maximum absolute atomic E-state index is 10.9. The Kier molecular flexibility index (Phi) is 9.47. The van der Waals surface area contributed by atoms with Crippen molar-refractivity contribution < 1.29 is 9.53 Å². The van der Waals surface area contributed by atoms with Gasteiger partial charge in [0.1, 0.15) is 6.61 Å². The third-order valence-electron chi connectivity index (χ3n) is 1.02. The Labute approximate surface area is 87.2 Å². The fourth-order valence-electron chi connectivity index (χ4n) is 0.504. The van der Waals surface area contributed by atoms with Gasteiger partial charge in [-0.3, -0.25) is 4.79 Å². The molecule has 0 aromatic rings. The van der Waals surface area contributed by atoms with Gasteiger partial charge in [0, 0.05) is 11.5 Å². The van der Waals surface area contributed by atoms with E-state index in [-0.39, 0.29) is 5.97 Å². The monoisotopic (exact) mass is 218 g/mol. The van der Waals surface area contributed by atoms with E-state index in [1.807, 2.05) is 6.08 Å². The summed E-state index contributed by atoms with van der Waals surface area (Å²) >= 11 is 0. The summed E-state index contributed by atoms with van der Waals surface area (Å²) in [5, 5.41) is 0. The predicted octanol–water partition coefficient (Wildman–Crippen LogP) is 2.67. The van der Waals surface area contributed by atoms with Crippen LogP contribution in [0.2, 0.25) is 0 Å². The van der Waals surface area contributed by atoms with E-state index in [0.717, 1.165) is 11.5 Å². The highest BCUT2D eigenvalue weighted by Gasteiger charge is 2.00. The van der Waals surface area contributed by atoms with Gasteiger partial charge in [-0.15, -0.1) is 6.58 Å². The van der Waals surface area contributed by atoms with Crippen LogP contribution in [0.15, 0.2) is 25.3 Å². The number of ether oxygens (including phenoxy) is 1. The van der Waals surface area contributed by atoms with Crippen LogP contribution in [0.3, 0.4) is 0 Å². The van der Waals surface area contributed by atoms with Crippen molar-refractivity contribution in [3.63, 3.8) is 0 Å². The van der Waals surface area contributed by atoms with Crippen LogP contribution in [-0.4, -0.2) is 24.1 Å². The fraction of sp³-hybridized carbons (Fsp3) is 0.444. The van der Waals surface area contributed by atoms with Crippen LogP contribution in [0.4, 0.5) is 0 Å². The van der Waals surface area contributed by atoms with Gasteiger partial charge < -0.3 is 4.74 Å². The molecular formula is C9H14O2S2. The lowest BCUT2D eigenvalue weighted by atomic mass is 10.5. The largest absolute Gasteiger partial charge is 0.461 e. The van der Waals surface area contributed by atoms with Gasteiger partial charge >= 0.3 is 5.97 Å². The zero-order valence-corrected chi connectivity index (χ0v) is 9.16. The van der Waals surface area contributed by atoms with Crippen LogP contribution in [0.25, 0.3) is 0 Å². The molecule has 0 spiro atoms. The molecule has 0 unspecified atom stereocenters. The number of carbonyl (C=O) groups is 1. The van der Waals surface area contributed by atoms with Gasteiger partial charge in [0.05, 0.1) is 6.42 Å². The van der Waals surface area contributed by atoms with Gasteiger partial charge in [-0.2, -0.15) is 0 Å². The number of hydrogen-bond donors (Lipinski definition) is 0. The van der Waals surface area contributed by atoms with Gasteiger partial charge in [-0.05, 0) is 0 Å². The van der Waals surface area contributed by atoms with Crippen molar-refractivity contribution in [2.75, 3.05) is 18.1 Å². The molecule has 0 N–H and O–H groups in total. The quantitative estimate of drug-likeness (QED) is 0.271. The van der Waals surface area contributed by atoms with Crippen molar-refractivity contribution in [3.8, 4) is 0 Å². The highest BCUT2D eigenvalue weighted by atomic mass is 33.1. The number of hydrogen-bond acceptors (Lipinski definition) is 4. The predicted molar refractivity (Wildman–Crippen MR) is 60.9 cm³/mol. The Bertz CT molecular complexity index is 169. The van der Waals surface area contributed by atoms with E-state index in [2.05, 4.69) is 13.2 Å². The highest BCUT2D eigenvalue weighted by Crippen LogP contribution is 2.21. The molecule has 0 heterocycles. The average Bonchev–Trinajstić information content (AvgIpc) is 2.14. The SMILES string of the molecule is C=CCOC(=O)CCSSCC=C.